The lowest BCUT2D eigenvalue weighted by Gasteiger charge is -2.38. The van der Waals surface area contributed by atoms with Gasteiger partial charge in [-0.2, -0.15) is 11.8 Å². The van der Waals surface area contributed by atoms with Gasteiger partial charge < -0.3 is 35.8 Å². The molecule has 1 fully saturated rings. The van der Waals surface area contributed by atoms with Gasteiger partial charge in [0.1, 0.15) is 35.5 Å². The number of carboxylic acid groups (broad SMARTS) is 2. The van der Waals surface area contributed by atoms with E-state index in [1.165, 1.54) is 18.1 Å². The topological polar surface area (TPSA) is 195 Å². The molecule has 1 saturated heterocycles. The van der Waals surface area contributed by atoms with Crippen LogP contribution >= 0.6 is 11.8 Å². The molecule has 0 bridgehead atoms. The number of ether oxygens (including phenoxy) is 1. The molecule has 1 aliphatic heterocycles. The Balaban J connectivity index is 1.39. The fourth-order valence-electron chi connectivity index (χ4n) is 4.87. The van der Waals surface area contributed by atoms with Crippen LogP contribution in [0, 0.1) is 5.41 Å². The third-order valence-corrected chi connectivity index (χ3v) is 8.26. The van der Waals surface area contributed by atoms with Crippen LogP contribution in [0.3, 0.4) is 0 Å². The minimum Gasteiger partial charge on any atom is -0.480 e. The first-order chi connectivity index (χ1) is 21.1. The number of carbonyl (C=O) groups is 3. The molecule has 2 amide bonds. The molecular formula is C30H35N7O6S. The van der Waals surface area contributed by atoms with Crippen molar-refractivity contribution in [1.82, 2.24) is 20.2 Å². The molecule has 0 aliphatic carbocycles. The molecule has 4 rings (SSSR count). The molecule has 0 saturated carbocycles. The highest BCUT2D eigenvalue weighted by Crippen LogP contribution is 2.29. The van der Waals surface area contributed by atoms with Crippen LogP contribution in [0.1, 0.15) is 30.4 Å². The number of piperidine rings is 1. The van der Waals surface area contributed by atoms with E-state index in [2.05, 4.69) is 9.97 Å². The summed E-state index contributed by atoms with van der Waals surface area (Å²) in [5, 5.41) is 28.9. The summed E-state index contributed by atoms with van der Waals surface area (Å²) in [6.07, 6.45) is 1.72. The Kier molecular flexibility index (Phi) is 11.0. The van der Waals surface area contributed by atoms with E-state index in [0.29, 0.717) is 47.3 Å². The molecule has 44 heavy (non-hydrogen) atoms. The number of aromatic nitrogens is 2. The highest BCUT2D eigenvalue weighted by Gasteiger charge is 2.29. The Morgan fingerprint density at radius 2 is 1.84 bits per heavy atom. The number of nitrogens with two attached hydrogens (primary N) is 1. The summed E-state index contributed by atoms with van der Waals surface area (Å²) < 4.78 is 5.87. The molecule has 2 unspecified atom stereocenters. The summed E-state index contributed by atoms with van der Waals surface area (Å²) in [6.45, 7) is 1.04. The maximum atomic E-state index is 13.0. The van der Waals surface area contributed by atoms with Crippen LogP contribution in [0.2, 0.25) is 0 Å². The van der Waals surface area contributed by atoms with Crippen molar-refractivity contribution in [2.45, 2.75) is 31.3 Å². The number of hydrogen-bond acceptors (Lipinski definition) is 10. The van der Waals surface area contributed by atoms with E-state index in [0.717, 1.165) is 12.8 Å². The van der Waals surface area contributed by atoms with Crippen LogP contribution in [0.4, 0.5) is 16.4 Å². The molecule has 14 heteroatoms. The fourth-order valence-corrected chi connectivity index (χ4v) is 5.82. The number of nitrogens with one attached hydrogen (secondary N) is 2. The normalized spacial score (nSPS) is 15.2. The zero-order chi connectivity index (χ0) is 31.6. The summed E-state index contributed by atoms with van der Waals surface area (Å²) in [4.78, 5) is 47.3. The highest BCUT2D eigenvalue weighted by molar-refractivity contribution is 7.99. The number of carbonyl (C=O) groups excluding carboxylic acids is 1. The maximum Gasteiger partial charge on any atom is 0.405 e. The van der Waals surface area contributed by atoms with Crippen LogP contribution < -0.4 is 20.7 Å². The molecular weight excluding hydrogens is 586 g/mol. The third kappa shape index (κ3) is 8.37. The van der Waals surface area contributed by atoms with E-state index in [9.17, 15) is 14.4 Å². The van der Waals surface area contributed by atoms with Crippen molar-refractivity contribution in [3.63, 3.8) is 0 Å². The van der Waals surface area contributed by atoms with E-state index in [1.807, 2.05) is 47.6 Å². The van der Waals surface area contributed by atoms with E-state index < -0.39 is 18.1 Å². The van der Waals surface area contributed by atoms with Crippen molar-refractivity contribution in [2.24, 2.45) is 0 Å². The average Bonchev–Trinajstić information content (AvgIpc) is 3.02. The Hall–Kier alpha value is -4.85. The summed E-state index contributed by atoms with van der Waals surface area (Å²) in [5.41, 5.74) is 7.46. The van der Waals surface area contributed by atoms with E-state index in [4.69, 9.17) is 26.1 Å². The van der Waals surface area contributed by atoms with E-state index in [-0.39, 0.29) is 35.7 Å². The number of nitrogens with zero attached hydrogens (tertiary/aromatic N) is 4. The average molecular weight is 622 g/mol. The quantitative estimate of drug-likeness (QED) is 0.138. The van der Waals surface area contributed by atoms with Crippen LogP contribution in [0.25, 0.3) is 0 Å². The predicted molar refractivity (Wildman–Crippen MR) is 168 cm³/mol. The number of nitrogen functional groups attached to an aromatic ring is 1. The summed E-state index contributed by atoms with van der Waals surface area (Å²) in [7, 11) is 1.87. The second-order valence-electron chi connectivity index (χ2n) is 10.2. The first-order valence-electron chi connectivity index (χ1n) is 14.0. The van der Waals surface area contributed by atoms with Gasteiger partial charge in [-0.05, 0) is 49.2 Å². The van der Waals surface area contributed by atoms with Gasteiger partial charge in [-0.25, -0.2) is 19.6 Å². The van der Waals surface area contributed by atoms with Crippen molar-refractivity contribution >= 4 is 47.1 Å². The Morgan fingerprint density at radius 1 is 1.14 bits per heavy atom. The lowest BCUT2D eigenvalue weighted by atomic mass is 10.0. The zero-order valence-electron chi connectivity index (χ0n) is 24.2. The maximum absolute atomic E-state index is 13.0. The van der Waals surface area contributed by atoms with Crippen molar-refractivity contribution in [2.75, 3.05) is 42.3 Å². The first-order valence-corrected chi connectivity index (χ1v) is 15.1. The number of likely N-dealkylation sites (N-methyl/N-ethyl adjacent to an activating group) is 1. The van der Waals surface area contributed by atoms with Crippen molar-refractivity contribution < 1.29 is 29.3 Å². The van der Waals surface area contributed by atoms with Gasteiger partial charge in [0.25, 0.3) is 0 Å². The smallest absolute Gasteiger partial charge is 0.405 e. The SMILES string of the molecule is CN(c1ncnc(N)c1C(=N)c1ccc(Oc2ccccc2)cc1)C1CCCN(C(=O)CCSCC(NC(=O)O)C(=O)O)C1. The minimum atomic E-state index is -1.41. The number of rotatable bonds is 13. The lowest BCUT2D eigenvalue weighted by Crippen LogP contribution is -2.49. The van der Waals surface area contributed by atoms with E-state index >= 15 is 0 Å². The Bertz CT molecular complexity index is 1470. The second-order valence-corrected chi connectivity index (χ2v) is 11.3. The molecule has 2 aromatic carbocycles. The van der Waals surface area contributed by atoms with Gasteiger partial charge in [0, 0.05) is 49.7 Å². The molecule has 0 radical (unpaired) electrons. The number of hydrogen-bond donors (Lipinski definition) is 5. The summed E-state index contributed by atoms with van der Waals surface area (Å²) >= 11 is 1.21. The van der Waals surface area contributed by atoms with E-state index in [1.54, 1.807) is 29.2 Å². The molecule has 6 N–H and O–H groups in total. The summed E-state index contributed by atoms with van der Waals surface area (Å²) in [5.74, 6) is 1.06. The van der Waals surface area contributed by atoms with Crippen molar-refractivity contribution in [1.29, 1.82) is 5.41 Å². The number of anilines is 2. The number of para-hydroxylation sites is 1. The molecule has 2 atom stereocenters. The molecule has 1 aromatic heterocycles. The van der Waals surface area contributed by atoms with Crippen LogP contribution in [-0.4, -0.2) is 92.5 Å². The highest BCUT2D eigenvalue weighted by atomic mass is 32.2. The van der Waals surface area contributed by atoms with Gasteiger partial charge in [-0.3, -0.25) is 10.2 Å². The molecule has 2 heterocycles. The van der Waals surface area contributed by atoms with Crippen LogP contribution in [-0.2, 0) is 9.59 Å². The summed E-state index contributed by atoms with van der Waals surface area (Å²) in [6, 6.07) is 15.2. The largest absolute Gasteiger partial charge is 0.480 e. The molecule has 3 aromatic rings. The number of likely N-dealkylation sites (tertiary alicyclic amines) is 1. The fraction of sp³-hybridized carbons (Fsp3) is 0.333. The van der Waals surface area contributed by atoms with Gasteiger partial charge in [0.2, 0.25) is 5.91 Å². The number of carboxylic acids is 1. The molecule has 0 spiro atoms. The van der Waals surface area contributed by atoms with Gasteiger partial charge in [-0.15, -0.1) is 0 Å². The lowest BCUT2D eigenvalue weighted by molar-refractivity contribution is -0.138. The molecule has 1 aliphatic rings. The zero-order valence-corrected chi connectivity index (χ0v) is 25.0. The monoisotopic (exact) mass is 621 g/mol. The third-order valence-electron chi connectivity index (χ3n) is 7.20. The number of aliphatic carboxylic acids is 1. The number of benzene rings is 2. The van der Waals surface area contributed by atoms with Gasteiger partial charge in [0.15, 0.2) is 0 Å². The number of thioether (sulfide) groups is 1. The first kappa shape index (κ1) is 32.1. The molecule has 232 valence electrons. The van der Waals surface area contributed by atoms with Crippen molar-refractivity contribution in [3.8, 4) is 11.5 Å². The Morgan fingerprint density at radius 3 is 2.52 bits per heavy atom. The molecule has 13 nitrogen and oxygen atoms in total. The van der Waals surface area contributed by atoms with Gasteiger partial charge in [0.05, 0.1) is 11.3 Å². The van der Waals surface area contributed by atoms with Crippen LogP contribution in [0.15, 0.2) is 60.9 Å². The van der Waals surface area contributed by atoms with Crippen molar-refractivity contribution in [3.05, 3.63) is 72.1 Å². The van der Waals surface area contributed by atoms with Gasteiger partial charge in [-0.1, -0.05) is 18.2 Å². The second kappa shape index (κ2) is 15.0. The van der Waals surface area contributed by atoms with Crippen LogP contribution in [0.5, 0.6) is 11.5 Å². The standard InChI is InChI=1S/C30H35N7O6S/c1-36(20-6-5-14-37(16-20)24(38)13-15-44-17-23(29(39)40)35-30(41)42)28-25(27(32)33-18-34-28)26(31)19-9-11-22(12-10-19)43-21-7-3-2-4-8-21/h2-4,7-12,18,20,23,31,35H,5-6,13-17H2,1H3,(H,39,40)(H,41,42)(H2,32,33,34). The Labute approximate surface area is 258 Å². The predicted octanol–water partition coefficient (Wildman–Crippen LogP) is 3.54. The minimum absolute atomic E-state index is 0.0208. The van der Waals surface area contributed by atoms with Gasteiger partial charge >= 0.3 is 12.1 Å². The number of amides is 2.